The Bertz CT molecular complexity index is 1250. The third-order valence-electron chi connectivity index (χ3n) is 4.72. The number of amides is 1. The van der Waals surface area contributed by atoms with Gasteiger partial charge < -0.3 is 9.30 Å². The van der Waals surface area contributed by atoms with Crippen molar-refractivity contribution in [3.63, 3.8) is 0 Å². The first-order chi connectivity index (χ1) is 15.9. The van der Waals surface area contributed by atoms with Gasteiger partial charge in [-0.25, -0.2) is 5.43 Å². The molecule has 1 amide bonds. The standard InChI is InChI=1S/C24H24N4O5/c1-3-12-33-22-10-9-18(14-21(22)28(31)32)15-25-26-23(29)20-8-5-11-27(24(20)30)16-19-7-4-6-17(2)13-19/h4-11,13-15H,3,12,16H2,1-2H3,(H,26,29)/b25-15-. The van der Waals surface area contributed by atoms with E-state index in [2.05, 4.69) is 10.5 Å². The van der Waals surface area contributed by atoms with E-state index in [0.29, 0.717) is 18.7 Å². The topological polar surface area (TPSA) is 116 Å². The van der Waals surface area contributed by atoms with Gasteiger partial charge in [0.25, 0.3) is 11.5 Å². The van der Waals surface area contributed by atoms with Crippen molar-refractivity contribution in [3.05, 3.63) is 104 Å². The quantitative estimate of drug-likeness (QED) is 0.305. The van der Waals surface area contributed by atoms with Crippen molar-refractivity contribution in [2.24, 2.45) is 5.10 Å². The summed E-state index contributed by atoms with van der Waals surface area (Å²) in [4.78, 5) is 36.0. The van der Waals surface area contributed by atoms with E-state index in [-0.39, 0.29) is 17.0 Å². The van der Waals surface area contributed by atoms with Gasteiger partial charge in [0.2, 0.25) is 0 Å². The molecule has 3 aromatic rings. The summed E-state index contributed by atoms with van der Waals surface area (Å²) in [7, 11) is 0. The van der Waals surface area contributed by atoms with E-state index in [4.69, 9.17) is 4.74 Å². The second kappa shape index (κ2) is 10.9. The van der Waals surface area contributed by atoms with Crippen molar-refractivity contribution < 1.29 is 14.5 Å². The Labute approximate surface area is 190 Å². The van der Waals surface area contributed by atoms with E-state index in [1.165, 1.54) is 29.0 Å². The maximum Gasteiger partial charge on any atom is 0.311 e. The maximum absolute atomic E-state index is 12.7. The van der Waals surface area contributed by atoms with Crippen LogP contribution in [-0.4, -0.2) is 28.2 Å². The van der Waals surface area contributed by atoms with Crippen LogP contribution in [0.2, 0.25) is 0 Å². The van der Waals surface area contributed by atoms with E-state index < -0.39 is 16.4 Å². The number of rotatable bonds is 9. The molecule has 0 atom stereocenters. The molecule has 1 N–H and O–H groups in total. The lowest BCUT2D eigenvalue weighted by atomic mass is 10.1. The lowest BCUT2D eigenvalue weighted by Gasteiger charge is -2.08. The molecule has 0 aliphatic carbocycles. The molecule has 2 aromatic carbocycles. The van der Waals surface area contributed by atoms with Crippen LogP contribution in [-0.2, 0) is 6.54 Å². The number of nitrogens with zero attached hydrogens (tertiary/aromatic N) is 3. The zero-order valence-corrected chi connectivity index (χ0v) is 18.4. The maximum atomic E-state index is 12.7. The van der Waals surface area contributed by atoms with Crippen LogP contribution in [0.3, 0.4) is 0 Å². The van der Waals surface area contributed by atoms with Gasteiger partial charge in [-0.15, -0.1) is 0 Å². The first-order valence-corrected chi connectivity index (χ1v) is 10.4. The average molecular weight is 448 g/mol. The smallest absolute Gasteiger partial charge is 0.311 e. The number of hydrogen-bond acceptors (Lipinski definition) is 6. The number of aryl methyl sites for hydroxylation is 1. The Morgan fingerprint density at radius 2 is 2.03 bits per heavy atom. The number of ether oxygens (including phenoxy) is 1. The van der Waals surface area contributed by atoms with Gasteiger partial charge in [-0.05, 0) is 43.2 Å². The van der Waals surface area contributed by atoms with E-state index in [9.17, 15) is 19.7 Å². The normalized spacial score (nSPS) is 10.8. The highest BCUT2D eigenvalue weighted by atomic mass is 16.6. The molecule has 0 bridgehead atoms. The largest absolute Gasteiger partial charge is 0.487 e. The number of pyridine rings is 1. The Morgan fingerprint density at radius 1 is 1.21 bits per heavy atom. The molecule has 9 heteroatoms. The van der Waals surface area contributed by atoms with E-state index in [1.807, 2.05) is 38.1 Å². The van der Waals surface area contributed by atoms with Gasteiger partial charge in [-0.1, -0.05) is 36.8 Å². The second-order valence-corrected chi connectivity index (χ2v) is 7.38. The molecule has 0 fully saturated rings. The average Bonchev–Trinajstić information content (AvgIpc) is 2.79. The van der Waals surface area contributed by atoms with Gasteiger partial charge >= 0.3 is 5.69 Å². The molecule has 33 heavy (non-hydrogen) atoms. The molecule has 1 aromatic heterocycles. The predicted molar refractivity (Wildman–Crippen MR) is 125 cm³/mol. The van der Waals surface area contributed by atoms with E-state index in [0.717, 1.165) is 17.5 Å². The van der Waals surface area contributed by atoms with Crippen molar-refractivity contribution in [3.8, 4) is 5.75 Å². The molecule has 0 aliphatic heterocycles. The Morgan fingerprint density at radius 3 is 2.76 bits per heavy atom. The van der Waals surface area contributed by atoms with Crippen LogP contribution < -0.4 is 15.7 Å². The lowest BCUT2D eigenvalue weighted by Crippen LogP contribution is -2.30. The van der Waals surface area contributed by atoms with E-state index >= 15 is 0 Å². The number of nitrogens with one attached hydrogen (secondary N) is 1. The van der Waals surface area contributed by atoms with Crippen molar-refractivity contribution in [1.82, 2.24) is 9.99 Å². The first-order valence-electron chi connectivity index (χ1n) is 10.4. The minimum Gasteiger partial charge on any atom is -0.487 e. The van der Waals surface area contributed by atoms with Crippen molar-refractivity contribution >= 4 is 17.8 Å². The predicted octanol–water partition coefficient (Wildman–Crippen LogP) is 3.67. The molecule has 9 nitrogen and oxygen atoms in total. The molecule has 0 spiro atoms. The van der Waals surface area contributed by atoms with Crippen LogP contribution in [0.25, 0.3) is 0 Å². The highest BCUT2D eigenvalue weighted by Gasteiger charge is 2.16. The van der Waals surface area contributed by atoms with Crippen LogP contribution in [0, 0.1) is 17.0 Å². The summed E-state index contributed by atoms with van der Waals surface area (Å²) in [5.41, 5.74) is 4.03. The van der Waals surface area contributed by atoms with Gasteiger partial charge in [0, 0.05) is 17.8 Å². The molecule has 3 rings (SSSR count). The van der Waals surface area contributed by atoms with Crippen molar-refractivity contribution in [1.29, 1.82) is 0 Å². The lowest BCUT2D eigenvalue weighted by molar-refractivity contribution is -0.385. The van der Waals surface area contributed by atoms with Gasteiger partial charge in [0.05, 0.1) is 24.3 Å². The number of benzene rings is 2. The minimum absolute atomic E-state index is 0.0587. The Hall–Kier alpha value is -4.27. The number of aromatic nitrogens is 1. The summed E-state index contributed by atoms with van der Waals surface area (Å²) in [6.07, 6.45) is 3.60. The molecular formula is C24H24N4O5. The summed E-state index contributed by atoms with van der Waals surface area (Å²) < 4.78 is 6.83. The summed E-state index contributed by atoms with van der Waals surface area (Å²) in [5, 5.41) is 15.1. The first kappa shape index (κ1) is 23.4. The summed E-state index contributed by atoms with van der Waals surface area (Å²) in [6, 6.07) is 15.2. The monoisotopic (exact) mass is 448 g/mol. The fraction of sp³-hybridized carbons (Fsp3) is 0.208. The molecule has 1 heterocycles. The second-order valence-electron chi connectivity index (χ2n) is 7.38. The fourth-order valence-corrected chi connectivity index (χ4v) is 3.16. The number of hydrogen-bond donors (Lipinski definition) is 1. The van der Waals surface area contributed by atoms with Crippen LogP contribution in [0.15, 0.2) is 70.7 Å². The van der Waals surface area contributed by atoms with Crippen molar-refractivity contribution in [2.75, 3.05) is 6.61 Å². The number of nitro groups is 1. The highest BCUT2D eigenvalue weighted by molar-refractivity contribution is 5.94. The van der Waals surface area contributed by atoms with Crippen LogP contribution in [0.1, 0.15) is 40.4 Å². The molecule has 0 saturated heterocycles. The SMILES string of the molecule is CCCOc1ccc(/C=N\NC(=O)c2cccn(Cc3cccc(C)c3)c2=O)cc1[N+](=O)[O-]. The zero-order valence-electron chi connectivity index (χ0n) is 18.4. The van der Waals surface area contributed by atoms with Gasteiger partial charge in [-0.3, -0.25) is 19.7 Å². The third kappa shape index (κ3) is 6.13. The summed E-state index contributed by atoms with van der Waals surface area (Å²) in [5.74, 6) is -0.506. The summed E-state index contributed by atoms with van der Waals surface area (Å²) in [6.45, 7) is 4.57. The van der Waals surface area contributed by atoms with Crippen molar-refractivity contribution in [2.45, 2.75) is 26.8 Å². The number of carbonyl (C=O) groups excluding carboxylic acids is 1. The molecule has 0 radical (unpaired) electrons. The third-order valence-corrected chi connectivity index (χ3v) is 4.72. The van der Waals surface area contributed by atoms with E-state index in [1.54, 1.807) is 18.3 Å². The summed E-state index contributed by atoms with van der Waals surface area (Å²) >= 11 is 0. The van der Waals surface area contributed by atoms with Gasteiger partial charge in [-0.2, -0.15) is 5.10 Å². The molecule has 0 unspecified atom stereocenters. The van der Waals surface area contributed by atoms with Gasteiger partial charge in [0.1, 0.15) is 5.56 Å². The molecule has 0 saturated carbocycles. The Kier molecular flexibility index (Phi) is 7.69. The molecule has 170 valence electrons. The minimum atomic E-state index is -0.674. The highest BCUT2D eigenvalue weighted by Crippen LogP contribution is 2.27. The number of hydrazone groups is 1. The molecular weight excluding hydrogens is 424 g/mol. The van der Waals surface area contributed by atoms with Crippen LogP contribution >= 0.6 is 0 Å². The zero-order chi connectivity index (χ0) is 23.8. The van der Waals surface area contributed by atoms with Crippen LogP contribution in [0.4, 0.5) is 5.69 Å². The fourth-order valence-electron chi connectivity index (χ4n) is 3.16. The number of nitro benzene ring substituents is 1. The van der Waals surface area contributed by atoms with Gasteiger partial charge in [0.15, 0.2) is 5.75 Å². The molecule has 0 aliphatic rings. The Balaban J connectivity index is 1.72. The van der Waals surface area contributed by atoms with Crippen LogP contribution in [0.5, 0.6) is 5.75 Å². The number of carbonyl (C=O) groups is 1.